The van der Waals surface area contributed by atoms with E-state index >= 15 is 0 Å². The SMILES string of the molecule is O=C(CSCc1ccccc1Cl)NNC(=O)C(=O)NC1CC1. The number of nitrogens with one attached hydrogen (secondary N) is 3. The third-order valence-electron chi connectivity index (χ3n) is 2.88. The Morgan fingerprint density at radius 3 is 2.55 bits per heavy atom. The minimum absolute atomic E-state index is 0.0973. The molecule has 3 N–H and O–H groups in total. The number of benzene rings is 1. The molecule has 118 valence electrons. The summed E-state index contributed by atoms with van der Waals surface area (Å²) in [6.07, 6.45) is 1.79. The molecule has 0 bridgehead atoms. The molecule has 0 atom stereocenters. The third-order valence-corrected chi connectivity index (χ3v) is 4.23. The van der Waals surface area contributed by atoms with Crippen LogP contribution in [0.2, 0.25) is 5.02 Å². The van der Waals surface area contributed by atoms with Crippen molar-refractivity contribution in [3.8, 4) is 0 Å². The zero-order chi connectivity index (χ0) is 15.9. The molecule has 0 unspecified atom stereocenters. The van der Waals surface area contributed by atoms with Crippen LogP contribution in [-0.4, -0.2) is 29.5 Å². The van der Waals surface area contributed by atoms with Crippen molar-refractivity contribution in [1.29, 1.82) is 0 Å². The van der Waals surface area contributed by atoms with Gasteiger partial charge < -0.3 is 5.32 Å². The van der Waals surface area contributed by atoms with Gasteiger partial charge in [0.2, 0.25) is 5.91 Å². The maximum Gasteiger partial charge on any atom is 0.327 e. The molecule has 2 rings (SSSR count). The lowest BCUT2D eigenvalue weighted by Gasteiger charge is -2.07. The van der Waals surface area contributed by atoms with E-state index < -0.39 is 11.8 Å². The van der Waals surface area contributed by atoms with Gasteiger partial charge in [-0.2, -0.15) is 0 Å². The molecule has 0 saturated heterocycles. The van der Waals surface area contributed by atoms with Crippen LogP contribution in [0.15, 0.2) is 24.3 Å². The highest BCUT2D eigenvalue weighted by molar-refractivity contribution is 7.99. The van der Waals surface area contributed by atoms with Crippen molar-refractivity contribution in [1.82, 2.24) is 16.2 Å². The second-order valence-electron chi connectivity index (χ2n) is 4.83. The minimum atomic E-state index is -0.864. The Balaban J connectivity index is 1.62. The fourth-order valence-electron chi connectivity index (χ4n) is 1.57. The maximum absolute atomic E-state index is 11.6. The van der Waals surface area contributed by atoms with Crippen molar-refractivity contribution in [2.24, 2.45) is 0 Å². The molecule has 1 aromatic rings. The number of rotatable bonds is 5. The Kier molecular flexibility index (Phi) is 6.09. The molecular weight excluding hydrogens is 326 g/mol. The van der Waals surface area contributed by atoms with E-state index in [-0.39, 0.29) is 17.7 Å². The van der Waals surface area contributed by atoms with Gasteiger partial charge in [0.1, 0.15) is 0 Å². The fraction of sp³-hybridized carbons (Fsp3) is 0.357. The normalized spacial score (nSPS) is 13.3. The predicted molar refractivity (Wildman–Crippen MR) is 85.1 cm³/mol. The molecule has 1 aliphatic carbocycles. The summed E-state index contributed by atoms with van der Waals surface area (Å²) in [5.74, 6) is -1.24. The van der Waals surface area contributed by atoms with Crippen molar-refractivity contribution in [2.75, 3.05) is 5.75 Å². The number of halogens is 1. The Morgan fingerprint density at radius 2 is 1.86 bits per heavy atom. The van der Waals surface area contributed by atoms with Gasteiger partial charge in [0, 0.05) is 16.8 Å². The molecule has 0 radical (unpaired) electrons. The van der Waals surface area contributed by atoms with Crippen LogP contribution in [0.4, 0.5) is 0 Å². The van der Waals surface area contributed by atoms with Crippen molar-refractivity contribution in [3.05, 3.63) is 34.9 Å². The first-order chi connectivity index (χ1) is 10.6. The zero-order valence-corrected chi connectivity index (χ0v) is 13.3. The van der Waals surface area contributed by atoms with Crippen LogP contribution in [0.5, 0.6) is 0 Å². The Morgan fingerprint density at radius 1 is 1.14 bits per heavy atom. The Labute approximate surface area is 137 Å². The topological polar surface area (TPSA) is 87.3 Å². The number of hydrazine groups is 1. The highest BCUT2D eigenvalue weighted by atomic mass is 35.5. The van der Waals surface area contributed by atoms with Crippen molar-refractivity contribution in [3.63, 3.8) is 0 Å². The van der Waals surface area contributed by atoms with Crippen molar-refractivity contribution >= 4 is 41.1 Å². The first-order valence-corrected chi connectivity index (χ1v) is 8.30. The number of amides is 3. The predicted octanol–water partition coefficient (Wildman–Crippen LogP) is 0.999. The Hall–Kier alpha value is -1.73. The second kappa shape index (κ2) is 8.05. The van der Waals surface area contributed by atoms with Crippen LogP contribution in [0, 0.1) is 0 Å². The van der Waals surface area contributed by atoms with Gasteiger partial charge in [-0.3, -0.25) is 25.2 Å². The highest BCUT2D eigenvalue weighted by Crippen LogP contribution is 2.20. The fourth-order valence-corrected chi connectivity index (χ4v) is 2.68. The van der Waals surface area contributed by atoms with Crippen LogP contribution in [0.1, 0.15) is 18.4 Å². The lowest BCUT2D eigenvalue weighted by Crippen LogP contribution is -2.49. The number of carbonyl (C=O) groups excluding carboxylic acids is 3. The van der Waals surface area contributed by atoms with Crippen LogP contribution in [0.3, 0.4) is 0 Å². The van der Waals surface area contributed by atoms with Crippen LogP contribution in [0.25, 0.3) is 0 Å². The largest absolute Gasteiger partial charge is 0.345 e. The summed E-state index contributed by atoms with van der Waals surface area (Å²) in [7, 11) is 0. The van der Waals surface area contributed by atoms with Crippen LogP contribution in [-0.2, 0) is 20.1 Å². The van der Waals surface area contributed by atoms with Crippen LogP contribution < -0.4 is 16.2 Å². The Bertz CT molecular complexity index is 578. The van der Waals surface area contributed by atoms with Crippen LogP contribution >= 0.6 is 23.4 Å². The molecule has 1 aliphatic rings. The highest BCUT2D eigenvalue weighted by Gasteiger charge is 2.26. The minimum Gasteiger partial charge on any atom is -0.345 e. The summed E-state index contributed by atoms with van der Waals surface area (Å²) in [5, 5.41) is 3.18. The average molecular weight is 342 g/mol. The first-order valence-electron chi connectivity index (χ1n) is 6.77. The van der Waals surface area contributed by atoms with Gasteiger partial charge in [0.05, 0.1) is 5.75 Å². The number of hydrogen-bond donors (Lipinski definition) is 3. The van der Waals surface area contributed by atoms with Crippen molar-refractivity contribution in [2.45, 2.75) is 24.6 Å². The molecule has 8 heteroatoms. The van der Waals surface area contributed by atoms with Gasteiger partial charge in [0.15, 0.2) is 0 Å². The molecule has 22 heavy (non-hydrogen) atoms. The monoisotopic (exact) mass is 341 g/mol. The quantitative estimate of drug-likeness (QED) is 0.551. The van der Waals surface area contributed by atoms with Gasteiger partial charge >= 0.3 is 11.8 Å². The number of hydrogen-bond acceptors (Lipinski definition) is 4. The van der Waals surface area contributed by atoms with Gasteiger partial charge in [-0.15, -0.1) is 11.8 Å². The molecule has 0 spiro atoms. The summed E-state index contributed by atoms with van der Waals surface area (Å²) in [6, 6.07) is 7.49. The van der Waals surface area contributed by atoms with E-state index in [2.05, 4.69) is 16.2 Å². The van der Waals surface area contributed by atoms with Gasteiger partial charge in [0.25, 0.3) is 0 Å². The molecule has 1 fully saturated rings. The lowest BCUT2D eigenvalue weighted by atomic mass is 10.2. The van der Waals surface area contributed by atoms with Gasteiger partial charge in [-0.05, 0) is 24.5 Å². The molecule has 0 aromatic heterocycles. The zero-order valence-electron chi connectivity index (χ0n) is 11.7. The molecule has 1 saturated carbocycles. The average Bonchev–Trinajstić information content (AvgIpc) is 3.30. The molecule has 0 heterocycles. The summed E-state index contributed by atoms with van der Waals surface area (Å²) in [4.78, 5) is 34.3. The molecule has 6 nitrogen and oxygen atoms in total. The van der Waals surface area contributed by atoms with E-state index in [0.29, 0.717) is 10.8 Å². The summed E-state index contributed by atoms with van der Waals surface area (Å²) in [6.45, 7) is 0. The lowest BCUT2D eigenvalue weighted by molar-refractivity contribution is -0.140. The second-order valence-corrected chi connectivity index (χ2v) is 6.23. The summed E-state index contributed by atoms with van der Waals surface area (Å²) in [5.41, 5.74) is 5.23. The van der Waals surface area contributed by atoms with E-state index in [1.54, 1.807) is 6.07 Å². The van der Waals surface area contributed by atoms with E-state index in [4.69, 9.17) is 11.6 Å². The van der Waals surface area contributed by atoms with Crippen molar-refractivity contribution < 1.29 is 14.4 Å². The standard InChI is InChI=1S/C14H16ClN3O3S/c15-11-4-2-1-3-9(11)7-22-8-12(19)17-18-14(21)13(20)16-10-5-6-10/h1-4,10H,5-8H2,(H,16,20)(H,17,19)(H,18,21). The summed E-state index contributed by atoms with van der Waals surface area (Å²) < 4.78 is 0. The van der Waals surface area contributed by atoms with Gasteiger partial charge in [-0.25, -0.2) is 0 Å². The molecule has 0 aliphatic heterocycles. The van der Waals surface area contributed by atoms with E-state index in [1.165, 1.54) is 11.8 Å². The third kappa shape index (κ3) is 5.57. The number of thioether (sulfide) groups is 1. The first kappa shape index (κ1) is 16.6. The maximum atomic E-state index is 11.6. The van der Waals surface area contributed by atoms with Gasteiger partial charge in [-0.1, -0.05) is 29.8 Å². The summed E-state index contributed by atoms with van der Waals surface area (Å²) >= 11 is 7.37. The molecule has 3 amide bonds. The number of carbonyl (C=O) groups is 3. The smallest absolute Gasteiger partial charge is 0.327 e. The van der Waals surface area contributed by atoms with E-state index in [0.717, 1.165) is 18.4 Å². The molecular formula is C14H16ClN3O3S. The van der Waals surface area contributed by atoms with E-state index in [9.17, 15) is 14.4 Å². The van der Waals surface area contributed by atoms with E-state index in [1.807, 2.05) is 18.2 Å². The molecule has 1 aromatic carbocycles.